The minimum absolute atomic E-state index is 0.0899. The molecule has 0 spiro atoms. The van der Waals surface area contributed by atoms with Gasteiger partial charge in [-0.25, -0.2) is 4.68 Å². The standard InChI is InChI=1S/C13H15N3O3/c1-2-7-14-12(17)9-16-13(18)6-5-10(15-16)11-4-3-8-19-11/h3-6,8H,2,7,9H2,1H3,(H,14,17). The molecule has 19 heavy (non-hydrogen) atoms. The molecule has 0 aliphatic heterocycles. The summed E-state index contributed by atoms with van der Waals surface area (Å²) in [6, 6.07) is 6.42. The van der Waals surface area contributed by atoms with Gasteiger partial charge in [-0.1, -0.05) is 6.92 Å². The number of hydrogen-bond acceptors (Lipinski definition) is 4. The van der Waals surface area contributed by atoms with E-state index in [-0.39, 0.29) is 18.0 Å². The third-order valence-corrected chi connectivity index (χ3v) is 2.51. The molecule has 0 saturated heterocycles. The van der Waals surface area contributed by atoms with Gasteiger partial charge in [0.25, 0.3) is 5.56 Å². The molecule has 2 rings (SSSR count). The monoisotopic (exact) mass is 261 g/mol. The first-order valence-corrected chi connectivity index (χ1v) is 6.09. The van der Waals surface area contributed by atoms with E-state index < -0.39 is 0 Å². The van der Waals surface area contributed by atoms with Crippen LogP contribution in [0.25, 0.3) is 11.5 Å². The van der Waals surface area contributed by atoms with Crippen LogP contribution in [0.1, 0.15) is 13.3 Å². The summed E-state index contributed by atoms with van der Waals surface area (Å²) in [4.78, 5) is 23.2. The van der Waals surface area contributed by atoms with Crippen molar-refractivity contribution in [3.8, 4) is 11.5 Å². The molecule has 1 amide bonds. The topological polar surface area (TPSA) is 77.1 Å². The molecule has 0 bridgehead atoms. The maximum absolute atomic E-state index is 11.6. The lowest BCUT2D eigenvalue weighted by molar-refractivity contribution is -0.121. The second-order valence-electron chi connectivity index (χ2n) is 4.04. The molecule has 6 nitrogen and oxygen atoms in total. The lowest BCUT2D eigenvalue weighted by Gasteiger charge is -2.06. The Balaban J connectivity index is 2.18. The number of carbonyl (C=O) groups excluding carboxylic acids is 1. The minimum Gasteiger partial charge on any atom is -0.463 e. The molecule has 100 valence electrons. The minimum atomic E-state index is -0.318. The van der Waals surface area contributed by atoms with Gasteiger partial charge in [-0.2, -0.15) is 5.10 Å². The number of amides is 1. The van der Waals surface area contributed by atoms with Crippen LogP contribution in [0, 0.1) is 0 Å². The maximum atomic E-state index is 11.6. The maximum Gasteiger partial charge on any atom is 0.267 e. The zero-order chi connectivity index (χ0) is 13.7. The Hall–Kier alpha value is -2.37. The van der Waals surface area contributed by atoms with E-state index in [9.17, 15) is 9.59 Å². The SMILES string of the molecule is CCCNC(=O)Cn1nc(-c2ccco2)ccc1=O. The van der Waals surface area contributed by atoms with Crippen molar-refractivity contribution in [2.24, 2.45) is 0 Å². The number of hydrogen-bond donors (Lipinski definition) is 1. The molecule has 0 radical (unpaired) electrons. The highest BCUT2D eigenvalue weighted by atomic mass is 16.3. The van der Waals surface area contributed by atoms with E-state index in [2.05, 4.69) is 10.4 Å². The summed E-state index contributed by atoms with van der Waals surface area (Å²) < 4.78 is 6.33. The smallest absolute Gasteiger partial charge is 0.267 e. The molecule has 0 saturated carbocycles. The Bertz CT molecular complexity index is 602. The Kier molecular flexibility index (Phi) is 4.12. The number of nitrogens with one attached hydrogen (secondary N) is 1. The Morgan fingerprint density at radius 3 is 2.95 bits per heavy atom. The van der Waals surface area contributed by atoms with Gasteiger partial charge in [-0.05, 0) is 24.6 Å². The van der Waals surface area contributed by atoms with E-state index in [0.717, 1.165) is 11.1 Å². The highest BCUT2D eigenvalue weighted by Gasteiger charge is 2.08. The van der Waals surface area contributed by atoms with Gasteiger partial charge < -0.3 is 9.73 Å². The fraction of sp³-hybridized carbons (Fsp3) is 0.308. The average molecular weight is 261 g/mol. The van der Waals surface area contributed by atoms with Crippen LogP contribution in [0.2, 0.25) is 0 Å². The lowest BCUT2D eigenvalue weighted by atomic mass is 10.3. The van der Waals surface area contributed by atoms with Gasteiger partial charge in [-0.3, -0.25) is 9.59 Å². The van der Waals surface area contributed by atoms with Crippen LogP contribution in [-0.4, -0.2) is 22.2 Å². The zero-order valence-corrected chi connectivity index (χ0v) is 10.6. The highest BCUT2D eigenvalue weighted by Crippen LogP contribution is 2.14. The first-order chi connectivity index (χ1) is 9.20. The van der Waals surface area contributed by atoms with Crippen LogP contribution in [-0.2, 0) is 11.3 Å². The first kappa shape index (κ1) is 13.1. The predicted octanol–water partition coefficient (Wildman–Crippen LogP) is 1.03. The van der Waals surface area contributed by atoms with Crippen molar-refractivity contribution >= 4 is 5.91 Å². The number of aromatic nitrogens is 2. The van der Waals surface area contributed by atoms with Gasteiger partial charge in [-0.15, -0.1) is 0 Å². The largest absolute Gasteiger partial charge is 0.463 e. The fourth-order valence-corrected chi connectivity index (χ4v) is 1.57. The number of furan rings is 1. The van der Waals surface area contributed by atoms with Gasteiger partial charge >= 0.3 is 0 Å². The second-order valence-corrected chi connectivity index (χ2v) is 4.04. The summed E-state index contributed by atoms with van der Waals surface area (Å²) in [5.74, 6) is 0.329. The molecule has 0 aliphatic carbocycles. The number of carbonyl (C=O) groups is 1. The third-order valence-electron chi connectivity index (χ3n) is 2.51. The molecule has 6 heteroatoms. The van der Waals surface area contributed by atoms with E-state index in [1.807, 2.05) is 6.92 Å². The Labute approximate surface area is 110 Å². The summed E-state index contributed by atoms with van der Waals surface area (Å²) in [5.41, 5.74) is 0.204. The van der Waals surface area contributed by atoms with Gasteiger partial charge in [0.15, 0.2) is 5.76 Å². The Morgan fingerprint density at radius 1 is 1.42 bits per heavy atom. The average Bonchev–Trinajstić information content (AvgIpc) is 2.93. The molecular formula is C13H15N3O3. The molecule has 2 aromatic rings. The quantitative estimate of drug-likeness (QED) is 0.872. The lowest BCUT2D eigenvalue weighted by Crippen LogP contribution is -2.33. The normalized spacial score (nSPS) is 10.4. The molecule has 0 fully saturated rings. The fourth-order valence-electron chi connectivity index (χ4n) is 1.57. The van der Waals surface area contributed by atoms with Crippen molar-refractivity contribution in [1.82, 2.24) is 15.1 Å². The first-order valence-electron chi connectivity index (χ1n) is 6.09. The van der Waals surface area contributed by atoms with E-state index in [0.29, 0.717) is 18.0 Å². The van der Waals surface area contributed by atoms with Crippen LogP contribution in [0.15, 0.2) is 39.7 Å². The van der Waals surface area contributed by atoms with Crippen LogP contribution in [0.3, 0.4) is 0 Å². The van der Waals surface area contributed by atoms with Crippen molar-refractivity contribution in [1.29, 1.82) is 0 Å². The second kappa shape index (κ2) is 5.99. The van der Waals surface area contributed by atoms with Crippen molar-refractivity contribution in [3.05, 3.63) is 40.9 Å². The van der Waals surface area contributed by atoms with Gasteiger partial charge in [0.1, 0.15) is 12.2 Å². The van der Waals surface area contributed by atoms with Gasteiger partial charge in [0.2, 0.25) is 5.91 Å². The molecule has 0 unspecified atom stereocenters. The molecule has 1 N–H and O–H groups in total. The van der Waals surface area contributed by atoms with E-state index in [4.69, 9.17) is 4.42 Å². The third kappa shape index (κ3) is 3.31. The van der Waals surface area contributed by atoms with Gasteiger partial charge in [0.05, 0.1) is 6.26 Å². The van der Waals surface area contributed by atoms with Gasteiger partial charge in [0, 0.05) is 12.6 Å². The molecule has 0 aromatic carbocycles. The molecule has 2 aromatic heterocycles. The summed E-state index contributed by atoms with van der Waals surface area (Å²) in [6.07, 6.45) is 2.38. The number of nitrogens with zero attached hydrogens (tertiary/aromatic N) is 2. The zero-order valence-electron chi connectivity index (χ0n) is 10.6. The summed E-state index contributed by atoms with van der Waals surface area (Å²) in [6.45, 7) is 2.46. The molecule has 0 atom stereocenters. The van der Waals surface area contributed by atoms with Crippen molar-refractivity contribution < 1.29 is 9.21 Å². The highest BCUT2D eigenvalue weighted by molar-refractivity contribution is 5.75. The van der Waals surface area contributed by atoms with Crippen molar-refractivity contribution in [3.63, 3.8) is 0 Å². The summed E-state index contributed by atoms with van der Waals surface area (Å²) >= 11 is 0. The van der Waals surface area contributed by atoms with Crippen molar-refractivity contribution in [2.45, 2.75) is 19.9 Å². The van der Waals surface area contributed by atoms with Crippen LogP contribution >= 0.6 is 0 Å². The van der Waals surface area contributed by atoms with E-state index in [1.54, 1.807) is 18.2 Å². The Morgan fingerprint density at radius 2 is 2.26 bits per heavy atom. The molecule has 2 heterocycles. The predicted molar refractivity (Wildman–Crippen MR) is 69.5 cm³/mol. The van der Waals surface area contributed by atoms with E-state index in [1.165, 1.54) is 12.3 Å². The van der Waals surface area contributed by atoms with Crippen LogP contribution < -0.4 is 10.9 Å². The number of rotatable bonds is 5. The summed E-state index contributed by atoms with van der Waals surface area (Å²) in [5, 5.41) is 6.81. The van der Waals surface area contributed by atoms with Crippen LogP contribution in [0.4, 0.5) is 0 Å². The summed E-state index contributed by atoms with van der Waals surface area (Å²) in [7, 11) is 0. The van der Waals surface area contributed by atoms with Crippen LogP contribution in [0.5, 0.6) is 0 Å². The van der Waals surface area contributed by atoms with E-state index >= 15 is 0 Å². The molecule has 0 aliphatic rings. The van der Waals surface area contributed by atoms with Crippen molar-refractivity contribution in [2.75, 3.05) is 6.54 Å². The molecular weight excluding hydrogens is 246 g/mol.